The van der Waals surface area contributed by atoms with E-state index in [4.69, 9.17) is 0 Å². The number of piperazine rings is 1. The van der Waals surface area contributed by atoms with E-state index in [-0.39, 0.29) is 12.0 Å². The fourth-order valence-corrected chi connectivity index (χ4v) is 6.16. The summed E-state index contributed by atoms with van der Waals surface area (Å²) < 4.78 is 1.82. The zero-order valence-corrected chi connectivity index (χ0v) is 23.4. The number of benzene rings is 2. The smallest absolute Gasteiger partial charge is 0.225 e. The van der Waals surface area contributed by atoms with Crippen molar-refractivity contribution < 1.29 is 4.79 Å². The molecule has 0 saturated carbocycles. The van der Waals surface area contributed by atoms with Crippen molar-refractivity contribution in [3.8, 4) is 5.82 Å². The van der Waals surface area contributed by atoms with Crippen LogP contribution in [0.25, 0.3) is 5.82 Å². The molecule has 4 aromatic rings. The van der Waals surface area contributed by atoms with Crippen LogP contribution in [0.3, 0.4) is 0 Å². The summed E-state index contributed by atoms with van der Waals surface area (Å²) in [7, 11) is 0. The first-order chi connectivity index (χ1) is 19.6. The van der Waals surface area contributed by atoms with E-state index in [0.29, 0.717) is 5.91 Å². The highest BCUT2D eigenvalue weighted by atomic mass is 16.2. The number of carbonyl (C=O) groups excluding carboxylic acids is 1. The Labute approximate surface area is 236 Å². The average Bonchev–Trinajstić information content (AvgIpc) is 3.36. The lowest BCUT2D eigenvalue weighted by atomic mass is 9.94. The Morgan fingerprint density at radius 3 is 1.85 bits per heavy atom. The van der Waals surface area contributed by atoms with Crippen molar-refractivity contribution in [2.24, 2.45) is 5.92 Å². The molecule has 0 spiro atoms. The van der Waals surface area contributed by atoms with Gasteiger partial charge in [0, 0.05) is 50.9 Å². The van der Waals surface area contributed by atoms with Gasteiger partial charge in [-0.2, -0.15) is 5.10 Å². The number of hydrogen-bond acceptors (Lipinski definition) is 6. The predicted molar refractivity (Wildman–Crippen MR) is 156 cm³/mol. The number of hydrogen-bond donors (Lipinski definition) is 0. The van der Waals surface area contributed by atoms with Crippen molar-refractivity contribution >= 4 is 11.7 Å². The fourth-order valence-electron chi connectivity index (χ4n) is 6.16. The number of rotatable bonds is 6. The highest BCUT2D eigenvalue weighted by Gasteiger charge is 2.33. The van der Waals surface area contributed by atoms with Crippen molar-refractivity contribution in [3.05, 3.63) is 101 Å². The first kappa shape index (κ1) is 26.2. The number of aromatic nitrogens is 4. The lowest BCUT2D eigenvalue weighted by Crippen LogP contribution is -2.52. The van der Waals surface area contributed by atoms with Gasteiger partial charge >= 0.3 is 0 Å². The Morgan fingerprint density at radius 1 is 0.750 bits per heavy atom. The Kier molecular flexibility index (Phi) is 7.60. The van der Waals surface area contributed by atoms with Gasteiger partial charge in [0.15, 0.2) is 11.6 Å². The summed E-state index contributed by atoms with van der Waals surface area (Å²) in [5, 5.41) is 13.4. The fraction of sp³-hybridized carbons (Fsp3) is 0.375. The van der Waals surface area contributed by atoms with E-state index in [9.17, 15) is 4.79 Å². The van der Waals surface area contributed by atoms with E-state index in [1.165, 1.54) is 11.1 Å². The Balaban J connectivity index is 1.04. The highest BCUT2D eigenvalue weighted by molar-refractivity contribution is 5.79. The van der Waals surface area contributed by atoms with Crippen molar-refractivity contribution in [1.29, 1.82) is 0 Å². The molecule has 0 aliphatic carbocycles. The molecule has 2 fully saturated rings. The monoisotopic (exact) mass is 535 g/mol. The molecule has 2 aromatic carbocycles. The molecule has 4 heterocycles. The summed E-state index contributed by atoms with van der Waals surface area (Å²) in [5.74, 6) is 1.96. The molecular weight excluding hydrogens is 498 g/mol. The van der Waals surface area contributed by atoms with Gasteiger partial charge in [0.2, 0.25) is 5.91 Å². The Bertz CT molecular complexity index is 1370. The first-order valence-corrected chi connectivity index (χ1v) is 14.3. The standard InChI is InChI=1S/C32H37N7O/c1-24-23-25(2)39(35-24)30-14-13-29(33-34-30)36-17-15-28(16-18-36)32(40)38-21-19-37(20-22-38)31(26-9-5-3-6-10-26)27-11-7-4-8-12-27/h3-14,23,28,31H,15-22H2,1-2H3. The third-order valence-electron chi connectivity index (χ3n) is 8.25. The van der Waals surface area contributed by atoms with Gasteiger partial charge in [0.25, 0.3) is 0 Å². The zero-order valence-electron chi connectivity index (χ0n) is 23.4. The third kappa shape index (κ3) is 5.49. The number of amides is 1. The summed E-state index contributed by atoms with van der Waals surface area (Å²) in [4.78, 5) is 20.3. The lowest BCUT2D eigenvalue weighted by Gasteiger charge is -2.41. The molecule has 0 N–H and O–H groups in total. The molecule has 2 aliphatic rings. The molecule has 0 atom stereocenters. The number of aryl methyl sites for hydroxylation is 2. The summed E-state index contributed by atoms with van der Waals surface area (Å²) in [5.41, 5.74) is 4.60. The van der Waals surface area contributed by atoms with Crippen LogP contribution >= 0.6 is 0 Å². The van der Waals surface area contributed by atoms with Gasteiger partial charge in [0.05, 0.1) is 11.7 Å². The van der Waals surface area contributed by atoms with E-state index in [0.717, 1.165) is 75.1 Å². The van der Waals surface area contributed by atoms with E-state index < -0.39 is 0 Å². The molecular formula is C32H37N7O. The molecule has 8 nitrogen and oxygen atoms in total. The highest BCUT2D eigenvalue weighted by Crippen LogP contribution is 2.30. The second-order valence-corrected chi connectivity index (χ2v) is 10.9. The van der Waals surface area contributed by atoms with Crippen LogP contribution in [0.5, 0.6) is 0 Å². The minimum atomic E-state index is 0.0729. The van der Waals surface area contributed by atoms with Crippen molar-refractivity contribution in [2.45, 2.75) is 32.7 Å². The second-order valence-electron chi connectivity index (χ2n) is 10.9. The van der Waals surface area contributed by atoms with E-state index in [1.54, 1.807) is 0 Å². The predicted octanol–water partition coefficient (Wildman–Crippen LogP) is 4.43. The minimum absolute atomic E-state index is 0.0729. The van der Waals surface area contributed by atoms with Gasteiger partial charge < -0.3 is 9.80 Å². The van der Waals surface area contributed by atoms with Crippen LogP contribution in [0.15, 0.2) is 78.9 Å². The Hall–Kier alpha value is -4.04. The molecule has 6 rings (SSSR count). The van der Waals surface area contributed by atoms with Crippen LogP contribution in [0.1, 0.15) is 41.4 Å². The molecule has 40 heavy (non-hydrogen) atoms. The molecule has 2 aliphatic heterocycles. The topological polar surface area (TPSA) is 70.4 Å². The molecule has 0 bridgehead atoms. The van der Waals surface area contributed by atoms with Gasteiger partial charge in [-0.15, -0.1) is 10.2 Å². The maximum atomic E-state index is 13.5. The maximum absolute atomic E-state index is 13.5. The van der Waals surface area contributed by atoms with E-state index in [2.05, 4.69) is 90.7 Å². The number of nitrogens with zero attached hydrogens (tertiary/aromatic N) is 7. The minimum Gasteiger partial charge on any atom is -0.355 e. The molecule has 0 radical (unpaired) electrons. The van der Waals surface area contributed by atoms with Gasteiger partial charge in [-0.25, -0.2) is 4.68 Å². The van der Waals surface area contributed by atoms with Crippen LogP contribution in [-0.2, 0) is 4.79 Å². The van der Waals surface area contributed by atoms with E-state index >= 15 is 0 Å². The van der Waals surface area contributed by atoms with Crippen LogP contribution in [-0.4, -0.2) is 75.0 Å². The second kappa shape index (κ2) is 11.6. The summed E-state index contributed by atoms with van der Waals surface area (Å²) in [6.45, 7) is 8.91. The summed E-state index contributed by atoms with van der Waals surface area (Å²) in [6, 6.07) is 27.6. The number of piperidine rings is 1. The largest absolute Gasteiger partial charge is 0.355 e. The van der Waals surface area contributed by atoms with Gasteiger partial charge in [0.1, 0.15) is 0 Å². The molecule has 2 saturated heterocycles. The van der Waals surface area contributed by atoms with Crippen LogP contribution in [0, 0.1) is 19.8 Å². The normalized spacial score (nSPS) is 17.0. The van der Waals surface area contributed by atoms with Gasteiger partial charge in [-0.3, -0.25) is 9.69 Å². The van der Waals surface area contributed by atoms with E-state index in [1.807, 2.05) is 36.7 Å². The molecule has 206 valence electrons. The number of carbonyl (C=O) groups is 1. The Morgan fingerprint density at radius 2 is 1.32 bits per heavy atom. The van der Waals surface area contributed by atoms with Crippen LogP contribution < -0.4 is 4.90 Å². The molecule has 0 unspecified atom stereocenters. The summed E-state index contributed by atoms with van der Waals surface area (Å²) in [6.07, 6.45) is 1.69. The summed E-state index contributed by atoms with van der Waals surface area (Å²) >= 11 is 0. The maximum Gasteiger partial charge on any atom is 0.225 e. The molecule has 8 heteroatoms. The van der Waals surface area contributed by atoms with Crippen LogP contribution in [0.4, 0.5) is 5.82 Å². The van der Waals surface area contributed by atoms with Crippen LogP contribution in [0.2, 0.25) is 0 Å². The first-order valence-electron chi connectivity index (χ1n) is 14.3. The quantitative estimate of drug-likeness (QED) is 0.364. The number of anilines is 1. The lowest BCUT2D eigenvalue weighted by molar-refractivity contribution is -0.138. The van der Waals surface area contributed by atoms with Crippen molar-refractivity contribution in [3.63, 3.8) is 0 Å². The molecule has 1 amide bonds. The SMILES string of the molecule is Cc1cc(C)n(-c2ccc(N3CCC(C(=O)N4CCN(C(c5ccccc5)c5ccccc5)CC4)CC3)nn2)n1. The third-order valence-corrected chi connectivity index (χ3v) is 8.25. The zero-order chi connectivity index (χ0) is 27.5. The van der Waals surface area contributed by atoms with Crippen molar-refractivity contribution in [2.75, 3.05) is 44.2 Å². The van der Waals surface area contributed by atoms with Gasteiger partial charge in [-0.05, 0) is 56.0 Å². The van der Waals surface area contributed by atoms with Crippen molar-refractivity contribution in [1.82, 2.24) is 29.8 Å². The van der Waals surface area contributed by atoms with Gasteiger partial charge in [-0.1, -0.05) is 60.7 Å². The molecule has 2 aromatic heterocycles. The average molecular weight is 536 g/mol.